The summed E-state index contributed by atoms with van der Waals surface area (Å²) in [5, 5.41) is 19.7. The van der Waals surface area contributed by atoms with Gasteiger partial charge < -0.3 is 24.7 Å². The van der Waals surface area contributed by atoms with Gasteiger partial charge in [-0.1, -0.05) is 0 Å². The Labute approximate surface area is 118 Å². The van der Waals surface area contributed by atoms with E-state index >= 15 is 0 Å². The smallest absolute Gasteiger partial charge is 0.278 e. The third-order valence-corrected chi connectivity index (χ3v) is 4.18. The van der Waals surface area contributed by atoms with Gasteiger partial charge in [0.15, 0.2) is 11.2 Å². The van der Waals surface area contributed by atoms with Gasteiger partial charge in [0.05, 0.1) is 32.0 Å². The van der Waals surface area contributed by atoms with Gasteiger partial charge in [-0.2, -0.15) is 0 Å². The topological polar surface area (TPSA) is 122 Å². The van der Waals surface area contributed by atoms with E-state index in [1.54, 1.807) is 4.57 Å². The molecule has 0 aromatic carbocycles. The Bertz CT molecular complexity index is 743. The van der Waals surface area contributed by atoms with E-state index in [4.69, 9.17) is 9.47 Å². The highest BCUT2D eigenvalue weighted by Crippen LogP contribution is 2.41. The number of aliphatic hydroxyl groups excluding tert-OH is 2. The molecule has 0 saturated carbocycles. The second kappa shape index (κ2) is 4.34. The molecule has 4 rings (SSSR count). The number of ether oxygens (including phenoxy) is 2. The lowest BCUT2D eigenvalue weighted by Gasteiger charge is -2.39. The Morgan fingerprint density at radius 2 is 2.38 bits per heavy atom. The zero-order chi connectivity index (χ0) is 14.6. The monoisotopic (exact) mass is 294 g/mol. The minimum absolute atomic E-state index is 0.131. The maximum atomic E-state index is 11.7. The molecular weight excluding hydrogens is 280 g/mol. The number of nitrogens with one attached hydrogen (secondary N) is 1. The minimum atomic E-state index is -1.13. The fourth-order valence-corrected chi connectivity index (χ4v) is 3.00. The molecule has 1 unspecified atom stereocenters. The predicted molar refractivity (Wildman–Crippen MR) is 68.5 cm³/mol. The van der Waals surface area contributed by atoms with Crippen LogP contribution in [0.1, 0.15) is 12.6 Å². The molecule has 0 radical (unpaired) electrons. The van der Waals surface area contributed by atoms with Crippen LogP contribution in [0, 0.1) is 0 Å². The van der Waals surface area contributed by atoms with Gasteiger partial charge in [-0.3, -0.25) is 9.36 Å². The number of H-pyrrole nitrogens is 1. The number of hydrogen-bond donors (Lipinski definition) is 3. The number of rotatable bonds is 2. The number of aromatic amines is 1. The van der Waals surface area contributed by atoms with Crippen molar-refractivity contribution in [2.24, 2.45) is 0 Å². The zero-order valence-corrected chi connectivity index (χ0v) is 11.0. The fourth-order valence-electron chi connectivity index (χ4n) is 3.00. The maximum Gasteiger partial charge on any atom is 0.278 e. The highest BCUT2D eigenvalue weighted by molar-refractivity contribution is 5.68. The highest BCUT2D eigenvalue weighted by atomic mass is 16.6. The molecule has 2 aromatic rings. The SMILES string of the molecule is O=c1[nH]cnc2c1ncn2[C@@H]1CC2OC[C@](CO)(O1)[C@H]2O. The summed E-state index contributed by atoms with van der Waals surface area (Å²) < 4.78 is 13.0. The first-order valence-corrected chi connectivity index (χ1v) is 6.63. The van der Waals surface area contributed by atoms with E-state index in [2.05, 4.69) is 15.0 Å². The average Bonchev–Trinajstić information content (AvgIpc) is 2.98. The van der Waals surface area contributed by atoms with Gasteiger partial charge in [0, 0.05) is 6.42 Å². The van der Waals surface area contributed by atoms with Crippen molar-refractivity contribution >= 4 is 11.2 Å². The molecule has 0 aliphatic carbocycles. The second-order valence-corrected chi connectivity index (χ2v) is 5.38. The largest absolute Gasteiger partial charge is 0.393 e. The van der Waals surface area contributed by atoms with Crippen molar-refractivity contribution in [3.63, 3.8) is 0 Å². The van der Waals surface area contributed by atoms with E-state index in [1.165, 1.54) is 12.7 Å². The summed E-state index contributed by atoms with van der Waals surface area (Å²) in [5.74, 6) is 0. The van der Waals surface area contributed by atoms with Gasteiger partial charge in [0.2, 0.25) is 0 Å². The van der Waals surface area contributed by atoms with Gasteiger partial charge in [0.25, 0.3) is 5.56 Å². The molecule has 2 aliphatic rings. The van der Waals surface area contributed by atoms with E-state index < -0.39 is 24.0 Å². The van der Waals surface area contributed by atoms with Crippen LogP contribution < -0.4 is 5.56 Å². The van der Waals surface area contributed by atoms with E-state index in [0.29, 0.717) is 12.1 Å². The van der Waals surface area contributed by atoms with E-state index in [0.717, 1.165) is 0 Å². The third kappa shape index (κ3) is 1.69. The van der Waals surface area contributed by atoms with E-state index in [1.807, 2.05) is 0 Å². The second-order valence-electron chi connectivity index (χ2n) is 5.38. The Morgan fingerprint density at radius 3 is 3.19 bits per heavy atom. The lowest BCUT2D eigenvalue weighted by atomic mass is 9.92. The zero-order valence-electron chi connectivity index (χ0n) is 11.0. The van der Waals surface area contributed by atoms with Crippen molar-refractivity contribution in [1.82, 2.24) is 19.5 Å². The Hall–Kier alpha value is -1.81. The summed E-state index contributed by atoms with van der Waals surface area (Å²) >= 11 is 0. The van der Waals surface area contributed by atoms with Crippen molar-refractivity contribution < 1.29 is 19.7 Å². The van der Waals surface area contributed by atoms with Crippen LogP contribution >= 0.6 is 0 Å². The molecule has 9 nitrogen and oxygen atoms in total. The van der Waals surface area contributed by atoms with Crippen molar-refractivity contribution in [2.45, 2.75) is 30.5 Å². The Balaban J connectivity index is 1.77. The van der Waals surface area contributed by atoms with Crippen LogP contribution in [0.15, 0.2) is 17.4 Å². The fraction of sp³-hybridized carbons (Fsp3) is 0.583. The summed E-state index contributed by atoms with van der Waals surface area (Å²) in [6.07, 6.45) is 1.36. The van der Waals surface area contributed by atoms with Gasteiger partial charge in [-0.15, -0.1) is 0 Å². The number of hydrogen-bond acceptors (Lipinski definition) is 7. The average molecular weight is 294 g/mol. The van der Waals surface area contributed by atoms with Crippen LogP contribution in [0.4, 0.5) is 0 Å². The Morgan fingerprint density at radius 1 is 1.52 bits per heavy atom. The normalized spacial score (nSPS) is 35.4. The molecule has 3 N–H and O–H groups in total. The number of aromatic nitrogens is 4. The van der Waals surface area contributed by atoms with Crippen molar-refractivity contribution in [2.75, 3.05) is 13.2 Å². The summed E-state index contributed by atoms with van der Waals surface area (Å²) in [5.41, 5.74) is -0.845. The minimum Gasteiger partial charge on any atom is -0.393 e. The van der Waals surface area contributed by atoms with Crippen molar-refractivity contribution in [1.29, 1.82) is 0 Å². The molecular formula is C12H14N4O5. The number of aliphatic hydroxyl groups is 2. The summed E-state index contributed by atoms with van der Waals surface area (Å²) in [4.78, 5) is 22.3. The molecule has 4 heterocycles. The first kappa shape index (κ1) is 12.9. The molecule has 112 valence electrons. The van der Waals surface area contributed by atoms with Crippen LogP contribution in [0.2, 0.25) is 0 Å². The summed E-state index contributed by atoms with van der Waals surface area (Å²) in [6.45, 7) is -0.214. The molecule has 2 aliphatic heterocycles. The molecule has 4 atom stereocenters. The van der Waals surface area contributed by atoms with Crippen LogP contribution in [0.25, 0.3) is 11.2 Å². The lowest BCUT2D eigenvalue weighted by molar-refractivity contribution is -0.206. The van der Waals surface area contributed by atoms with Crippen LogP contribution in [0.3, 0.4) is 0 Å². The van der Waals surface area contributed by atoms with Crippen molar-refractivity contribution in [3.8, 4) is 0 Å². The molecule has 0 spiro atoms. The first-order chi connectivity index (χ1) is 10.1. The van der Waals surface area contributed by atoms with E-state index in [9.17, 15) is 15.0 Å². The predicted octanol–water partition coefficient (Wildman–Crippen LogP) is -1.47. The van der Waals surface area contributed by atoms with Gasteiger partial charge >= 0.3 is 0 Å². The quantitative estimate of drug-likeness (QED) is 0.618. The summed E-state index contributed by atoms with van der Waals surface area (Å²) in [7, 11) is 0. The molecule has 2 aromatic heterocycles. The molecule has 21 heavy (non-hydrogen) atoms. The number of imidazole rings is 1. The third-order valence-electron chi connectivity index (χ3n) is 4.18. The molecule has 9 heteroatoms. The van der Waals surface area contributed by atoms with E-state index in [-0.39, 0.29) is 24.3 Å². The number of nitrogens with zero attached hydrogens (tertiary/aromatic N) is 3. The van der Waals surface area contributed by atoms with Crippen molar-refractivity contribution in [3.05, 3.63) is 23.0 Å². The maximum absolute atomic E-state index is 11.7. The van der Waals surface area contributed by atoms with Crippen LogP contribution in [-0.4, -0.2) is 60.8 Å². The van der Waals surface area contributed by atoms with Crippen LogP contribution in [0.5, 0.6) is 0 Å². The number of fused-ring (bicyclic) bond motifs is 3. The standard InChI is InChI=1S/C12H14N4O5/c17-2-12-3-20-6(9(12)18)1-7(21-12)16-5-15-8-10(16)13-4-14-11(8)19/h4-7,9,17-18H,1-3H2,(H,13,14,19)/t6?,7-,9-,12-/m0/s1. The van der Waals surface area contributed by atoms with Crippen LogP contribution in [-0.2, 0) is 9.47 Å². The lowest BCUT2D eigenvalue weighted by Crippen LogP contribution is -2.54. The first-order valence-electron chi connectivity index (χ1n) is 6.63. The molecule has 2 saturated heterocycles. The summed E-state index contributed by atoms with van der Waals surface area (Å²) in [6, 6.07) is 0. The van der Waals surface area contributed by atoms with Gasteiger partial charge in [-0.05, 0) is 0 Å². The Kier molecular flexibility index (Phi) is 2.67. The van der Waals surface area contributed by atoms with Gasteiger partial charge in [-0.25, -0.2) is 9.97 Å². The highest BCUT2D eigenvalue weighted by Gasteiger charge is 2.56. The van der Waals surface area contributed by atoms with Gasteiger partial charge in [0.1, 0.15) is 17.9 Å². The molecule has 2 bridgehead atoms. The molecule has 2 fully saturated rings. The molecule has 0 amide bonds.